The van der Waals surface area contributed by atoms with Crippen molar-refractivity contribution in [3.05, 3.63) is 54.6 Å². The third-order valence-electron chi connectivity index (χ3n) is 2.67. The molecule has 0 atom stereocenters. The van der Waals surface area contributed by atoms with E-state index in [0.717, 1.165) is 16.8 Å². The maximum absolute atomic E-state index is 10.5. The van der Waals surface area contributed by atoms with Gasteiger partial charge in [0.25, 0.3) is 0 Å². The quantitative estimate of drug-likeness (QED) is 0.844. The van der Waals surface area contributed by atoms with Crippen molar-refractivity contribution in [1.29, 1.82) is 0 Å². The highest BCUT2D eigenvalue weighted by atomic mass is 16.4. The molecule has 0 saturated heterocycles. The maximum atomic E-state index is 10.5. The second-order valence-corrected chi connectivity index (χ2v) is 3.98. The Morgan fingerprint density at radius 3 is 2.39 bits per heavy atom. The van der Waals surface area contributed by atoms with Crippen molar-refractivity contribution in [1.82, 2.24) is 0 Å². The number of benzene rings is 2. The topological polar surface area (TPSA) is 49.3 Å². The summed E-state index contributed by atoms with van der Waals surface area (Å²) in [5, 5.41) is 11.8. The van der Waals surface area contributed by atoms with Gasteiger partial charge in [-0.25, -0.2) is 0 Å². The molecular formula is C15H15NO2. The number of hydrogen-bond acceptors (Lipinski definition) is 2. The van der Waals surface area contributed by atoms with E-state index < -0.39 is 5.97 Å². The molecule has 0 aliphatic carbocycles. The number of carbonyl (C=O) groups is 1. The molecular weight excluding hydrogens is 226 g/mol. The fraction of sp³-hybridized carbons (Fsp3) is 0.133. The third kappa shape index (κ3) is 3.10. The molecule has 92 valence electrons. The van der Waals surface area contributed by atoms with E-state index in [1.807, 2.05) is 54.6 Å². The second-order valence-electron chi connectivity index (χ2n) is 3.98. The lowest BCUT2D eigenvalue weighted by Crippen LogP contribution is -2.08. The lowest BCUT2D eigenvalue weighted by atomic mass is 10.0. The number of aliphatic carboxylic acids is 1. The standard InChI is InChI=1S/C15H15NO2/c17-15(18)10-11-16-14-9-5-4-8-13(14)12-6-2-1-3-7-12/h1-9,16H,10-11H2,(H,17,18). The molecule has 0 aromatic heterocycles. The number of carboxylic acids is 1. The molecule has 0 aliphatic rings. The third-order valence-corrected chi connectivity index (χ3v) is 2.67. The van der Waals surface area contributed by atoms with E-state index in [0.29, 0.717) is 6.54 Å². The molecule has 3 heteroatoms. The summed E-state index contributed by atoms with van der Waals surface area (Å²) >= 11 is 0. The minimum atomic E-state index is -0.792. The molecule has 2 aromatic rings. The van der Waals surface area contributed by atoms with Crippen LogP contribution in [0.4, 0.5) is 5.69 Å². The zero-order valence-electron chi connectivity index (χ0n) is 9.97. The number of anilines is 1. The van der Waals surface area contributed by atoms with Gasteiger partial charge < -0.3 is 10.4 Å². The molecule has 0 saturated carbocycles. The van der Waals surface area contributed by atoms with Crippen molar-refractivity contribution in [2.45, 2.75) is 6.42 Å². The van der Waals surface area contributed by atoms with E-state index in [1.54, 1.807) is 0 Å². The van der Waals surface area contributed by atoms with Crippen LogP contribution in [0.3, 0.4) is 0 Å². The van der Waals surface area contributed by atoms with Crippen molar-refractivity contribution in [2.75, 3.05) is 11.9 Å². The molecule has 18 heavy (non-hydrogen) atoms. The smallest absolute Gasteiger partial charge is 0.305 e. The summed E-state index contributed by atoms with van der Waals surface area (Å²) in [7, 11) is 0. The fourth-order valence-corrected chi connectivity index (χ4v) is 1.81. The average Bonchev–Trinajstić information content (AvgIpc) is 2.40. The van der Waals surface area contributed by atoms with Gasteiger partial charge in [-0.05, 0) is 11.6 Å². The van der Waals surface area contributed by atoms with Crippen LogP contribution in [-0.2, 0) is 4.79 Å². The van der Waals surface area contributed by atoms with Gasteiger partial charge in [0.05, 0.1) is 6.42 Å². The molecule has 0 amide bonds. The average molecular weight is 241 g/mol. The zero-order valence-corrected chi connectivity index (χ0v) is 9.97. The molecule has 2 N–H and O–H groups in total. The number of para-hydroxylation sites is 1. The summed E-state index contributed by atoms with van der Waals surface area (Å²) in [6, 6.07) is 17.9. The van der Waals surface area contributed by atoms with E-state index in [2.05, 4.69) is 5.32 Å². The highest BCUT2D eigenvalue weighted by molar-refractivity contribution is 5.78. The molecule has 0 bridgehead atoms. The minimum absolute atomic E-state index is 0.114. The molecule has 0 heterocycles. The minimum Gasteiger partial charge on any atom is -0.481 e. The SMILES string of the molecule is O=C(O)CCNc1ccccc1-c1ccccc1. The van der Waals surface area contributed by atoms with Crippen molar-refractivity contribution >= 4 is 11.7 Å². The van der Waals surface area contributed by atoms with Gasteiger partial charge >= 0.3 is 5.97 Å². The summed E-state index contributed by atoms with van der Waals surface area (Å²) in [6.07, 6.45) is 0.114. The van der Waals surface area contributed by atoms with Crippen molar-refractivity contribution in [3.63, 3.8) is 0 Å². The van der Waals surface area contributed by atoms with Crippen LogP contribution in [0.2, 0.25) is 0 Å². The number of rotatable bonds is 5. The van der Waals surface area contributed by atoms with Gasteiger partial charge in [0, 0.05) is 17.8 Å². The lowest BCUT2D eigenvalue weighted by molar-refractivity contribution is -0.136. The first-order valence-corrected chi connectivity index (χ1v) is 5.87. The van der Waals surface area contributed by atoms with E-state index in [9.17, 15) is 4.79 Å². The molecule has 2 rings (SSSR count). The van der Waals surface area contributed by atoms with E-state index >= 15 is 0 Å². The van der Waals surface area contributed by atoms with Gasteiger partial charge in [0.1, 0.15) is 0 Å². The number of nitrogens with one attached hydrogen (secondary N) is 1. The van der Waals surface area contributed by atoms with Crippen molar-refractivity contribution < 1.29 is 9.90 Å². The first-order chi connectivity index (χ1) is 8.77. The van der Waals surface area contributed by atoms with Crippen LogP contribution >= 0.6 is 0 Å². The van der Waals surface area contributed by atoms with Crippen LogP contribution in [0.5, 0.6) is 0 Å². The van der Waals surface area contributed by atoms with Crippen molar-refractivity contribution in [3.8, 4) is 11.1 Å². The van der Waals surface area contributed by atoms with Crippen LogP contribution < -0.4 is 5.32 Å². The molecule has 3 nitrogen and oxygen atoms in total. The summed E-state index contributed by atoms with van der Waals surface area (Å²) < 4.78 is 0. The highest BCUT2D eigenvalue weighted by Gasteiger charge is 2.04. The van der Waals surface area contributed by atoms with Crippen LogP contribution in [0, 0.1) is 0 Å². The van der Waals surface area contributed by atoms with Crippen LogP contribution in [0.15, 0.2) is 54.6 Å². The highest BCUT2D eigenvalue weighted by Crippen LogP contribution is 2.27. The Morgan fingerprint density at radius 1 is 1.00 bits per heavy atom. The fourth-order valence-electron chi connectivity index (χ4n) is 1.81. The summed E-state index contributed by atoms with van der Waals surface area (Å²) in [4.78, 5) is 10.5. The Morgan fingerprint density at radius 2 is 1.67 bits per heavy atom. The molecule has 0 fully saturated rings. The predicted octanol–water partition coefficient (Wildman–Crippen LogP) is 3.24. The maximum Gasteiger partial charge on any atom is 0.305 e. The van der Waals surface area contributed by atoms with Gasteiger partial charge in [-0.1, -0.05) is 48.5 Å². The Bertz CT molecular complexity index is 523. The van der Waals surface area contributed by atoms with Gasteiger partial charge in [-0.3, -0.25) is 4.79 Å². The molecule has 0 aliphatic heterocycles. The number of carboxylic acid groups (broad SMARTS) is 1. The predicted molar refractivity (Wildman–Crippen MR) is 72.6 cm³/mol. The normalized spacial score (nSPS) is 10.0. The Labute approximate surface area is 106 Å². The van der Waals surface area contributed by atoms with Gasteiger partial charge in [0.2, 0.25) is 0 Å². The lowest BCUT2D eigenvalue weighted by Gasteiger charge is -2.11. The van der Waals surface area contributed by atoms with Gasteiger partial charge in [0.15, 0.2) is 0 Å². The van der Waals surface area contributed by atoms with Crippen molar-refractivity contribution in [2.24, 2.45) is 0 Å². The first kappa shape index (κ1) is 12.2. The monoisotopic (exact) mass is 241 g/mol. The molecule has 0 radical (unpaired) electrons. The number of hydrogen-bond donors (Lipinski definition) is 2. The largest absolute Gasteiger partial charge is 0.481 e. The Hall–Kier alpha value is -2.29. The van der Waals surface area contributed by atoms with E-state index in [-0.39, 0.29) is 6.42 Å². The zero-order chi connectivity index (χ0) is 12.8. The first-order valence-electron chi connectivity index (χ1n) is 5.87. The molecule has 2 aromatic carbocycles. The van der Waals surface area contributed by atoms with E-state index in [4.69, 9.17) is 5.11 Å². The molecule has 0 spiro atoms. The summed E-state index contributed by atoms with van der Waals surface area (Å²) in [5.74, 6) is -0.792. The second kappa shape index (κ2) is 5.87. The van der Waals surface area contributed by atoms with Gasteiger partial charge in [-0.2, -0.15) is 0 Å². The Balaban J connectivity index is 2.18. The molecule has 0 unspecified atom stereocenters. The van der Waals surface area contributed by atoms with E-state index in [1.165, 1.54) is 0 Å². The van der Waals surface area contributed by atoms with Gasteiger partial charge in [-0.15, -0.1) is 0 Å². The van der Waals surface area contributed by atoms with Crippen LogP contribution in [0.1, 0.15) is 6.42 Å². The Kier molecular flexibility index (Phi) is 3.97. The van der Waals surface area contributed by atoms with Crippen LogP contribution in [-0.4, -0.2) is 17.6 Å². The summed E-state index contributed by atoms with van der Waals surface area (Å²) in [6.45, 7) is 0.430. The van der Waals surface area contributed by atoms with Crippen LogP contribution in [0.25, 0.3) is 11.1 Å². The summed E-state index contributed by atoms with van der Waals surface area (Å²) in [5.41, 5.74) is 3.17.